The average Bonchev–Trinajstić information content (AvgIpc) is 3.46. The van der Waals surface area contributed by atoms with E-state index in [4.69, 9.17) is 18.9 Å². The van der Waals surface area contributed by atoms with Gasteiger partial charge >= 0.3 is 0 Å². The van der Waals surface area contributed by atoms with Crippen molar-refractivity contribution in [1.29, 1.82) is 0 Å². The Morgan fingerprint density at radius 1 is 0.297 bits per heavy atom. The quantitative estimate of drug-likeness (QED) is 0.141. The van der Waals surface area contributed by atoms with Gasteiger partial charge in [0.25, 0.3) is 13.4 Å². The van der Waals surface area contributed by atoms with Gasteiger partial charge in [0.1, 0.15) is 46.0 Å². The van der Waals surface area contributed by atoms with Crippen LogP contribution in [-0.4, -0.2) is 13.4 Å². The second-order valence-corrected chi connectivity index (χ2v) is 19.1. The standard InChI is InChI=1S/C66H42B2N2O4/c1-5-21-43(22-6-1)49-29-13-17-33-59(49)71-47-37-57-65-63(39-47)73-61-35-19-15-31-51(61)67(65)53-41-54-56(42-55(53)69(57)45-25-9-3-10-26-45)70(46-27-11-4-12-28-46)58-38-48(40-64-66(58)68(54)52-32-16-20-36-62(52)74-64)72-60-34-18-14-30-50(60)44-23-7-2-8-24-44/h1-42H. The van der Waals surface area contributed by atoms with Crippen molar-refractivity contribution in [2.45, 2.75) is 0 Å². The highest BCUT2D eigenvalue weighted by atomic mass is 16.5. The summed E-state index contributed by atoms with van der Waals surface area (Å²) in [4.78, 5) is 4.81. The molecule has 0 saturated heterocycles. The first-order valence-electron chi connectivity index (χ1n) is 25.1. The van der Waals surface area contributed by atoms with Gasteiger partial charge in [0, 0.05) is 69.5 Å². The summed E-state index contributed by atoms with van der Waals surface area (Å²) in [5, 5.41) is 0. The molecule has 11 aromatic rings. The lowest BCUT2D eigenvalue weighted by Crippen LogP contribution is -2.63. The largest absolute Gasteiger partial charge is 0.458 e. The SMILES string of the molecule is c1ccc(-c2ccccc2Oc2cc3c4c(c2)N(c2ccccc2)c2cc5c(cc2B4c2ccccc2O3)B2c3ccccc3Oc3cc(Oc4ccccc4-c4ccccc4)cc(c32)N5c2ccccc2)cc1. The predicted molar refractivity (Wildman–Crippen MR) is 302 cm³/mol. The lowest BCUT2D eigenvalue weighted by atomic mass is 9.31. The fourth-order valence-electron chi connectivity index (χ4n) is 11.7. The van der Waals surface area contributed by atoms with E-state index in [2.05, 4.69) is 228 Å². The third-order valence-corrected chi connectivity index (χ3v) is 14.9. The highest BCUT2D eigenvalue weighted by Crippen LogP contribution is 2.49. The maximum absolute atomic E-state index is 7.02. The van der Waals surface area contributed by atoms with Gasteiger partial charge in [-0.25, -0.2) is 0 Å². The Hall–Kier alpha value is -9.65. The molecule has 346 valence electrons. The molecule has 0 unspecified atom stereocenters. The minimum atomic E-state index is -0.169. The fraction of sp³-hybridized carbons (Fsp3) is 0. The van der Waals surface area contributed by atoms with E-state index < -0.39 is 0 Å². The van der Waals surface area contributed by atoms with Crippen LogP contribution in [0.5, 0.6) is 46.0 Å². The summed E-state index contributed by atoms with van der Waals surface area (Å²) in [6.45, 7) is -0.338. The smallest absolute Gasteiger partial charge is 0.256 e. The zero-order chi connectivity index (χ0) is 48.7. The van der Waals surface area contributed by atoms with Crippen molar-refractivity contribution in [3.05, 3.63) is 255 Å². The van der Waals surface area contributed by atoms with Crippen molar-refractivity contribution in [3.63, 3.8) is 0 Å². The lowest BCUT2D eigenvalue weighted by Gasteiger charge is -2.44. The molecule has 74 heavy (non-hydrogen) atoms. The Kier molecular flexibility index (Phi) is 9.67. The molecular weight excluding hydrogens is 906 g/mol. The fourth-order valence-corrected chi connectivity index (χ4v) is 11.7. The Balaban J connectivity index is 0.973. The average molecular weight is 949 g/mol. The Morgan fingerprint density at radius 2 is 0.676 bits per heavy atom. The van der Waals surface area contributed by atoms with Gasteiger partial charge in [0.05, 0.1) is 0 Å². The number of nitrogens with zero attached hydrogens (tertiary/aromatic N) is 2. The van der Waals surface area contributed by atoms with Crippen LogP contribution in [0, 0.1) is 0 Å². The van der Waals surface area contributed by atoms with Crippen LogP contribution < -0.4 is 61.5 Å². The molecule has 11 aromatic carbocycles. The van der Waals surface area contributed by atoms with Crippen LogP contribution in [0.3, 0.4) is 0 Å². The first kappa shape index (κ1) is 42.1. The second-order valence-electron chi connectivity index (χ2n) is 19.1. The van der Waals surface area contributed by atoms with Crippen molar-refractivity contribution in [2.24, 2.45) is 0 Å². The minimum Gasteiger partial charge on any atom is -0.458 e. The highest BCUT2D eigenvalue weighted by Gasteiger charge is 2.47. The van der Waals surface area contributed by atoms with E-state index in [0.29, 0.717) is 11.5 Å². The summed E-state index contributed by atoms with van der Waals surface area (Å²) in [6, 6.07) is 89.0. The Labute approximate surface area is 430 Å². The van der Waals surface area contributed by atoms with Crippen LogP contribution in [0.25, 0.3) is 22.3 Å². The van der Waals surface area contributed by atoms with Crippen molar-refractivity contribution >= 4 is 80.3 Å². The third-order valence-electron chi connectivity index (χ3n) is 14.9. The molecule has 8 heteroatoms. The van der Waals surface area contributed by atoms with E-state index in [1.807, 2.05) is 36.4 Å². The van der Waals surface area contributed by atoms with Gasteiger partial charge in [-0.3, -0.25) is 0 Å². The number of hydrogen-bond acceptors (Lipinski definition) is 6. The normalized spacial score (nSPS) is 13.0. The minimum absolute atomic E-state index is 0.169. The second kappa shape index (κ2) is 17.0. The molecule has 0 N–H and O–H groups in total. The molecule has 0 fully saturated rings. The van der Waals surface area contributed by atoms with Crippen LogP contribution in [0.15, 0.2) is 255 Å². The number of hydrogen-bond donors (Lipinski definition) is 0. The first-order valence-corrected chi connectivity index (χ1v) is 25.1. The van der Waals surface area contributed by atoms with Crippen LogP contribution in [0.1, 0.15) is 0 Å². The number of ether oxygens (including phenoxy) is 4. The molecule has 0 aromatic heterocycles. The third kappa shape index (κ3) is 6.76. The number of benzene rings is 11. The number of fused-ring (bicyclic) bond motifs is 8. The molecule has 15 rings (SSSR count). The molecule has 0 saturated carbocycles. The highest BCUT2D eigenvalue weighted by molar-refractivity contribution is 7.02. The maximum Gasteiger partial charge on any atom is 0.256 e. The molecule has 4 heterocycles. The molecule has 0 bridgehead atoms. The molecule has 0 radical (unpaired) electrons. The lowest BCUT2D eigenvalue weighted by molar-refractivity contribution is 0.463. The van der Waals surface area contributed by atoms with Gasteiger partial charge in [0.15, 0.2) is 0 Å². The zero-order valence-corrected chi connectivity index (χ0v) is 39.9. The van der Waals surface area contributed by atoms with E-state index in [1.54, 1.807) is 0 Å². The van der Waals surface area contributed by atoms with Crippen molar-refractivity contribution in [1.82, 2.24) is 0 Å². The van der Waals surface area contributed by atoms with E-state index >= 15 is 0 Å². The van der Waals surface area contributed by atoms with Crippen molar-refractivity contribution in [3.8, 4) is 68.2 Å². The van der Waals surface area contributed by atoms with Crippen molar-refractivity contribution in [2.75, 3.05) is 9.80 Å². The Morgan fingerprint density at radius 3 is 1.12 bits per heavy atom. The summed E-state index contributed by atoms with van der Waals surface area (Å²) in [5.41, 5.74) is 17.1. The van der Waals surface area contributed by atoms with Gasteiger partial charge in [-0.1, -0.05) is 176 Å². The molecule has 0 atom stereocenters. The predicted octanol–water partition coefficient (Wildman–Crippen LogP) is 13.4. The van der Waals surface area contributed by atoms with E-state index in [-0.39, 0.29) is 13.4 Å². The summed E-state index contributed by atoms with van der Waals surface area (Å²) >= 11 is 0. The van der Waals surface area contributed by atoms with Gasteiger partial charge < -0.3 is 28.7 Å². The van der Waals surface area contributed by atoms with Crippen LogP contribution >= 0.6 is 0 Å². The van der Waals surface area contributed by atoms with Gasteiger partial charge in [0.2, 0.25) is 0 Å². The summed E-state index contributed by atoms with van der Waals surface area (Å²) in [6.07, 6.45) is 0. The summed E-state index contributed by atoms with van der Waals surface area (Å²) in [5.74, 6) is 6.05. The summed E-state index contributed by atoms with van der Waals surface area (Å²) in [7, 11) is 0. The zero-order valence-electron chi connectivity index (χ0n) is 39.9. The monoisotopic (exact) mass is 948 g/mol. The van der Waals surface area contributed by atoms with Crippen molar-refractivity contribution < 1.29 is 18.9 Å². The number of anilines is 6. The Bertz CT molecular complexity index is 3750. The number of rotatable bonds is 8. The van der Waals surface area contributed by atoms with Gasteiger partial charge in [-0.05, 0) is 98.5 Å². The molecular formula is C66H42B2N2O4. The van der Waals surface area contributed by atoms with Gasteiger partial charge in [-0.15, -0.1) is 0 Å². The van der Waals surface area contributed by atoms with E-state index in [9.17, 15) is 0 Å². The van der Waals surface area contributed by atoms with Crippen LogP contribution in [0.2, 0.25) is 0 Å². The molecule has 6 nitrogen and oxygen atoms in total. The van der Waals surface area contributed by atoms with Crippen LogP contribution in [0.4, 0.5) is 34.1 Å². The molecule has 0 spiro atoms. The van der Waals surface area contributed by atoms with Gasteiger partial charge in [-0.2, -0.15) is 0 Å². The maximum atomic E-state index is 7.02. The number of para-hydroxylation sites is 6. The van der Waals surface area contributed by atoms with E-state index in [0.717, 1.165) is 113 Å². The topological polar surface area (TPSA) is 43.4 Å². The molecule has 0 amide bonds. The molecule has 4 aliphatic rings. The van der Waals surface area contributed by atoms with E-state index in [1.165, 1.54) is 10.9 Å². The first-order chi connectivity index (χ1) is 36.7. The van der Waals surface area contributed by atoms with Crippen LogP contribution in [-0.2, 0) is 0 Å². The molecule has 0 aliphatic carbocycles. The summed E-state index contributed by atoms with van der Waals surface area (Å²) < 4.78 is 28.1. The molecule has 4 aliphatic heterocycles.